The molecule has 13 heavy (non-hydrogen) atoms. The Morgan fingerprint density at radius 3 is 2.85 bits per heavy atom. The van der Waals surface area contributed by atoms with Gasteiger partial charge in [0.2, 0.25) is 5.88 Å². The van der Waals surface area contributed by atoms with E-state index in [1.807, 2.05) is 0 Å². The average molecular weight is 182 g/mol. The van der Waals surface area contributed by atoms with E-state index in [4.69, 9.17) is 10.5 Å². The first-order chi connectivity index (χ1) is 6.10. The van der Waals surface area contributed by atoms with E-state index in [0.29, 0.717) is 11.6 Å². The van der Waals surface area contributed by atoms with Crippen LogP contribution in [0.15, 0.2) is 18.2 Å². The molecule has 0 aliphatic rings. The fraction of sp³-hybridized carbons (Fsp3) is 0.444. The highest BCUT2D eigenvalue weighted by Crippen LogP contribution is 2.18. The number of aromatic nitrogens is 1. The number of hydrogen-bond acceptors (Lipinski definition) is 4. The highest BCUT2D eigenvalue weighted by molar-refractivity contribution is 5.20. The standard InChI is InChI=1S/C9H14N2O2/c1-9(12,6-10)7-4-3-5-8(11-7)13-2/h3-5,12H,6,10H2,1-2H3. The van der Waals surface area contributed by atoms with Crippen molar-refractivity contribution in [2.75, 3.05) is 13.7 Å². The smallest absolute Gasteiger partial charge is 0.213 e. The maximum atomic E-state index is 9.77. The predicted octanol–water partition coefficient (Wildman–Crippen LogP) is 0.256. The number of methoxy groups -OCH3 is 1. The highest BCUT2D eigenvalue weighted by atomic mass is 16.5. The first-order valence-corrected chi connectivity index (χ1v) is 4.04. The van der Waals surface area contributed by atoms with Crippen LogP contribution in [0, 0.1) is 0 Å². The lowest BCUT2D eigenvalue weighted by atomic mass is 10.0. The predicted molar refractivity (Wildman–Crippen MR) is 49.4 cm³/mol. The Morgan fingerprint density at radius 1 is 1.62 bits per heavy atom. The molecule has 0 spiro atoms. The minimum absolute atomic E-state index is 0.132. The normalized spacial score (nSPS) is 15.1. The topological polar surface area (TPSA) is 68.4 Å². The molecule has 0 fully saturated rings. The summed E-state index contributed by atoms with van der Waals surface area (Å²) in [7, 11) is 1.53. The van der Waals surface area contributed by atoms with E-state index in [2.05, 4.69) is 4.98 Å². The first-order valence-electron chi connectivity index (χ1n) is 4.04. The Balaban J connectivity index is 3.01. The van der Waals surface area contributed by atoms with Crippen LogP contribution < -0.4 is 10.5 Å². The van der Waals surface area contributed by atoms with E-state index in [0.717, 1.165) is 0 Å². The van der Waals surface area contributed by atoms with E-state index >= 15 is 0 Å². The molecule has 1 unspecified atom stereocenters. The Morgan fingerprint density at radius 2 is 2.31 bits per heavy atom. The van der Waals surface area contributed by atoms with Gasteiger partial charge in [0.25, 0.3) is 0 Å². The van der Waals surface area contributed by atoms with Crippen molar-refractivity contribution in [1.82, 2.24) is 4.98 Å². The molecule has 0 aromatic carbocycles. The summed E-state index contributed by atoms with van der Waals surface area (Å²) in [6, 6.07) is 5.21. The largest absolute Gasteiger partial charge is 0.481 e. The van der Waals surface area contributed by atoms with Crippen LogP contribution in [0.3, 0.4) is 0 Å². The third-order valence-corrected chi connectivity index (χ3v) is 1.88. The lowest BCUT2D eigenvalue weighted by Crippen LogP contribution is -2.32. The van der Waals surface area contributed by atoms with Gasteiger partial charge in [0.15, 0.2) is 0 Å². The van der Waals surface area contributed by atoms with Crippen molar-refractivity contribution in [1.29, 1.82) is 0 Å². The summed E-state index contributed by atoms with van der Waals surface area (Å²) in [5.41, 5.74) is 4.83. The summed E-state index contributed by atoms with van der Waals surface area (Å²) in [6.45, 7) is 1.75. The first kappa shape index (κ1) is 9.95. The molecule has 0 aliphatic carbocycles. The highest BCUT2D eigenvalue weighted by Gasteiger charge is 2.22. The van der Waals surface area contributed by atoms with Gasteiger partial charge in [-0.05, 0) is 13.0 Å². The molecule has 0 bridgehead atoms. The van der Waals surface area contributed by atoms with Gasteiger partial charge in [-0.15, -0.1) is 0 Å². The summed E-state index contributed by atoms with van der Waals surface area (Å²) in [6.07, 6.45) is 0. The molecule has 3 N–H and O–H groups in total. The number of nitrogens with two attached hydrogens (primary N) is 1. The Hall–Kier alpha value is -1.13. The molecule has 1 aromatic rings. The van der Waals surface area contributed by atoms with Crippen molar-refractivity contribution in [3.8, 4) is 5.88 Å². The molecule has 72 valence electrons. The van der Waals surface area contributed by atoms with Crippen molar-refractivity contribution < 1.29 is 9.84 Å². The third kappa shape index (κ3) is 2.17. The van der Waals surface area contributed by atoms with Gasteiger partial charge in [-0.25, -0.2) is 4.98 Å². The van der Waals surface area contributed by atoms with Gasteiger partial charge in [0.05, 0.1) is 12.8 Å². The van der Waals surface area contributed by atoms with Crippen LogP contribution in [0.25, 0.3) is 0 Å². The molecule has 0 aliphatic heterocycles. The molecular formula is C9H14N2O2. The van der Waals surface area contributed by atoms with Crippen LogP contribution in [0.2, 0.25) is 0 Å². The van der Waals surface area contributed by atoms with E-state index in [1.165, 1.54) is 7.11 Å². The van der Waals surface area contributed by atoms with Crippen LogP contribution in [-0.4, -0.2) is 23.7 Å². The van der Waals surface area contributed by atoms with Crippen LogP contribution in [-0.2, 0) is 5.60 Å². The second-order valence-electron chi connectivity index (χ2n) is 3.04. The fourth-order valence-corrected chi connectivity index (χ4v) is 0.933. The quantitative estimate of drug-likeness (QED) is 0.703. The molecule has 1 rings (SSSR count). The molecule has 0 saturated carbocycles. The number of aliphatic hydroxyl groups is 1. The van der Waals surface area contributed by atoms with E-state index < -0.39 is 5.60 Å². The SMILES string of the molecule is COc1cccc(C(C)(O)CN)n1. The van der Waals surface area contributed by atoms with Crippen LogP contribution in [0.5, 0.6) is 5.88 Å². The maximum absolute atomic E-state index is 9.77. The minimum Gasteiger partial charge on any atom is -0.481 e. The Kier molecular flexibility index (Phi) is 2.85. The Labute approximate surface area is 77.4 Å². The van der Waals surface area contributed by atoms with Crippen molar-refractivity contribution in [2.24, 2.45) is 5.73 Å². The lowest BCUT2D eigenvalue weighted by molar-refractivity contribution is 0.0616. The molecule has 1 aromatic heterocycles. The molecule has 1 heterocycles. The molecule has 4 nitrogen and oxygen atoms in total. The van der Waals surface area contributed by atoms with Gasteiger partial charge < -0.3 is 15.6 Å². The summed E-state index contributed by atoms with van der Waals surface area (Å²) >= 11 is 0. The van der Waals surface area contributed by atoms with Crippen LogP contribution in [0.1, 0.15) is 12.6 Å². The molecule has 0 radical (unpaired) electrons. The molecule has 0 saturated heterocycles. The number of pyridine rings is 1. The zero-order valence-corrected chi connectivity index (χ0v) is 7.82. The zero-order chi connectivity index (χ0) is 9.90. The van der Waals surface area contributed by atoms with Crippen molar-refractivity contribution >= 4 is 0 Å². The van der Waals surface area contributed by atoms with Crippen LogP contribution in [0.4, 0.5) is 0 Å². The maximum Gasteiger partial charge on any atom is 0.213 e. The second kappa shape index (κ2) is 3.72. The summed E-state index contributed by atoms with van der Waals surface area (Å²) in [5.74, 6) is 0.478. The average Bonchev–Trinajstić information content (AvgIpc) is 2.18. The second-order valence-corrected chi connectivity index (χ2v) is 3.04. The number of nitrogens with zero attached hydrogens (tertiary/aromatic N) is 1. The molecule has 0 amide bonds. The van der Waals surface area contributed by atoms with Gasteiger partial charge in [-0.1, -0.05) is 6.07 Å². The van der Waals surface area contributed by atoms with E-state index in [-0.39, 0.29) is 6.54 Å². The minimum atomic E-state index is -1.09. The zero-order valence-electron chi connectivity index (χ0n) is 7.82. The van der Waals surface area contributed by atoms with E-state index in [1.54, 1.807) is 25.1 Å². The molecule has 1 atom stereocenters. The summed E-state index contributed by atoms with van der Waals surface area (Å²) in [4.78, 5) is 4.08. The van der Waals surface area contributed by atoms with Gasteiger partial charge >= 0.3 is 0 Å². The molecular weight excluding hydrogens is 168 g/mol. The van der Waals surface area contributed by atoms with Crippen molar-refractivity contribution in [3.63, 3.8) is 0 Å². The lowest BCUT2D eigenvalue weighted by Gasteiger charge is -2.20. The van der Waals surface area contributed by atoms with Gasteiger partial charge in [-0.2, -0.15) is 0 Å². The molecule has 4 heteroatoms. The van der Waals surface area contributed by atoms with Crippen molar-refractivity contribution in [3.05, 3.63) is 23.9 Å². The third-order valence-electron chi connectivity index (χ3n) is 1.88. The van der Waals surface area contributed by atoms with Gasteiger partial charge in [0, 0.05) is 12.6 Å². The number of rotatable bonds is 3. The van der Waals surface area contributed by atoms with Gasteiger partial charge in [0.1, 0.15) is 5.60 Å². The number of ether oxygens (including phenoxy) is 1. The monoisotopic (exact) mass is 182 g/mol. The van der Waals surface area contributed by atoms with Crippen molar-refractivity contribution in [2.45, 2.75) is 12.5 Å². The summed E-state index contributed by atoms with van der Waals surface area (Å²) < 4.78 is 4.93. The van der Waals surface area contributed by atoms with E-state index in [9.17, 15) is 5.11 Å². The Bertz CT molecular complexity index is 287. The van der Waals surface area contributed by atoms with Gasteiger partial charge in [-0.3, -0.25) is 0 Å². The number of hydrogen-bond donors (Lipinski definition) is 2. The summed E-state index contributed by atoms with van der Waals surface area (Å²) in [5, 5.41) is 9.77. The fourth-order valence-electron chi connectivity index (χ4n) is 0.933. The van der Waals surface area contributed by atoms with Crippen LogP contribution >= 0.6 is 0 Å².